The summed E-state index contributed by atoms with van der Waals surface area (Å²) in [4.78, 5) is 14.5. The molecular formula is C17H28N2O4S. The number of nitrogens with one attached hydrogen (secondary N) is 1. The van der Waals surface area contributed by atoms with Crippen molar-refractivity contribution in [2.75, 3.05) is 37.3 Å². The van der Waals surface area contributed by atoms with Crippen LogP contribution in [0.25, 0.3) is 0 Å². The Morgan fingerprint density at radius 3 is 2.62 bits per heavy atom. The molecule has 0 aliphatic heterocycles. The Morgan fingerprint density at radius 2 is 2.04 bits per heavy atom. The molecule has 0 heterocycles. The van der Waals surface area contributed by atoms with E-state index in [1.807, 2.05) is 13.8 Å². The van der Waals surface area contributed by atoms with E-state index in [1.54, 1.807) is 43.2 Å². The molecule has 0 bridgehead atoms. The molecule has 1 rings (SSSR count). The van der Waals surface area contributed by atoms with Gasteiger partial charge in [-0.3, -0.25) is 9.52 Å². The van der Waals surface area contributed by atoms with Gasteiger partial charge in [-0.25, -0.2) is 8.42 Å². The summed E-state index contributed by atoms with van der Waals surface area (Å²) in [6.07, 6.45) is 0.535. The van der Waals surface area contributed by atoms with Crippen LogP contribution in [0, 0.1) is 5.92 Å². The van der Waals surface area contributed by atoms with Crippen LogP contribution in [0.2, 0.25) is 0 Å². The number of nitrogens with zero attached hydrogens (tertiary/aromatic N) is 1. The number of methoxy groups -OCH3 is 1. The Morgan fingerprint density at radius 1 is 1.33 bits per heavy atom. The second kappa shape index (κ2) is 9.64. The maximum Gasteiger partial charge on any atom is 0.254 e. The molecule has 0 spiro atoms. The average Bonchev–Trinajstić information content (AvgIpc) is 2.50. The predicted molar refractivity (Wildman–Crippen MR) is 96.8 cm³/mol. The zero-order valence-corrected chi connectivity index (χ0v) is 15.7. The van der Waals surface area contributed by atoms with Crippen molar-refractivity contribution in [1.82, 2.24) is 4.90 Å². The number of hydrogen-bond donors (Lipinski definition) is 1. The SMILES string of the molecule is CCCS(=O)(=O)Nc1cccc(C(=O)N(CCOC)CC(C)C)c1. The van der Waals surface area contributed by atoms with Crippen LogP contribution >= 0.6 is 0 Å². The Bertz CT molecular complexity index is 629. The van der Waals surface area contributed by atoms with E-state index < -0.39 is 10.0 Å². The van der Waals surface area contributed by atoms with Crippen molar-refractivity contribution < 1.29 is 17.9 Å². The number of carbonyl (C=O) groups excluding carboxylic acids is 1. The minimum absolute atomic E-state index is 0.0541. The van der Waals surface area contributed by atoms with Crippen molar-refractivity contribution in [2.45, 2.75) is 27.2 Å². The van der Waals surface area contributed by atoms with Crippen LogP contribution in [0.4, 0.5) is 5.69 Å². The van der Waals surface area contributed by atoms with E-state index in [0.29, 0.717) is 43.3 Å². The molecule has 0 aromatic heterocycles. The maximum atomic E-state index is 12.7. The van der Waals surface area contributed by atoms with E-state index in [1.165, 1.54) is 0 Å². The van der Waals surface area contributed by atoms with Gasteiger partial charge in [0.15, 0.2) is 0 Å². The molecule has 7 heteroatoms. The molecule has 0 fully saturated rings. The zero-order valence-electron chi connectivity index (χ0n) is 14.9. The molecule has 0 aliphatic carbocycles. The molecule has 0 atom stereocenters. The van der Waals surface area contributed by atoms with Gasteiger partial charge < -0.3 is 9.64 Å². The zero-order chi connectivity index (χ0) is 18.2. The fourth-order valence-electron chi connectivity index (χ4n) is 2.32. The lowest BCUT2D eigenvalue weighted by Gasteiger charge is -2.24. The first-order valence-electron chi connectivity index (χ1n) is 8.17. The highest BCUT2D eigenvalue weighted by atomic mass is 32.2. The summed E-state index contributed by atoms with van der Waals surface area (Å²) in [7, 11) is -1.78. The summed E-state index contributed by atoms with van der Waals surface area (Å²) in [5, 5.41) is 0. The van der Waals surface area contributed by atoms with Crippen LogP contribution < -0.4 is 4.72 Å². The van der Waals surface area contributed by atoms with Crippen LogP contribution in [0.1, 0.15) is 37.6 Å². The predicted octanol–water partition coefficient (Wildman–Crippen LogP) is 2.58. The summed E-state index contributed by atoms with van der Waals surface area (Å²) in [5.74, 6) is 0.257. The highest BCUT2D eigenvalue weighted by Crippen LogP contribution is 2.15. The summed E-state index contributed by atoms with van der Waals surface area (Å²) < 4.78 is 31.3. The van der Waals surface area contributed by atoms with E-state index in [9.17, 15) is 13.2 Å². The average molecular weight is 356 g/mol. The minimum Gasteiger partial charge on any atom is -0.383 e. The van der Waals surface area contributed by atoms with Gasteiger partial charge in [0.05, 0.1) is 12.4 Å². The van der Waals surface area contributed by atoms with E-state index in [2.05, 4.69) is 4.72 Å². The molecule has 0 saturated heterocycles. The highest BCUT2D eigenvalue weighted by Gasteiger charge is 2.18. The molecule has 136 valence electrons. The number of anilines is 1. The summed E-state index contributed by atoms with van der Waals surface area (Å²) in [5.41, 5.74) is 0.869. The lowest BCUT2D eigenvalue weighted by molar-refractivity contribution is 0.0672. The smallest absolute Gasteiger partial charge is 0.254 e. The molecular weight excluding hydrogens is 328 g/mol. The maximum absolute atomic E-state index is 12.7. The minimum atomic E-state index is -3.38. The number of sulfonamides is 1. The topological polar surface area (TPSA) is 75.7 Å². The molecule has 0 radical (unpaired) electrons. The third-order valence-corrected chi connectivity index (χ3v) is 4.79. The van der Waals surface area contributed by atoms with E-state index in [0.717, 1.165) is 0 Å². The van der Waals surface area contributed by atoms with Crippen LogP contribution in [-0.2, 0) is 14.8 Å². The first-order chi connectivity index (χ1) is 11.3. The first-order valence-corrected chi connectivity index (χ1v) is 9.83. The number of rotatable bonds is 10. The van der Waals surface area contributed by atoms with Gasteiger partial charge in [-0.2, -0.15) is 0 Å². The van der Waals surface area contributed by atoms with Crippen LogP contribution in [0.5, 0.6) is 0 Å². The Labute approximate surface area is 145 Å². The van der Waals surface area contributed by atoms with Crippen molar-refractivity contribution in [2.24, 2.45) is 5.92 Å². The summed E-state index contributed by atoms with van der Waals surface area (Å²) >= 11 is 0. The third-order valence-electron chi connectivity index (χ3n) is 3.29. The largest absolute Gasteiger partial charge is 0.383 e. The molecule has 1 amide bonds. The van der Waals surface area contributed by atoms with Gasteiger partial charge in [-0.05, 0) is 30.5 Å². The number of amides is 1. The molecule has 1 N–H and O–H groups in total. The van der Waals surface area contributed by atoms with Gasteiger partial charge in [0, 0.05) is 31.5 Å². The quantitative estimate of drug-likeness (QED) is 0.699. The monoisotopic (exact) mass is 356 g/mol. The Balaban J connectivity index is 2.94. The van der Waals surface area contributed by atoms with Gasteiger partial charge in [-0.15, -0.1) is 0 Å². The second-order valence-electron chi connectivity index (χ2n) is 6.14. The Hall–Kier alpha value is -1.60. The molecule has 0 unspecified atom stereocenters. The van der Waals surface area contributed by atoms with Gasteiger partial charge in [0.1, 0.15) is 0 Å². The number of carbonyl (C=O) groups is 1. The van der Waals surface area contributed by atoms with Crippen LogP contribution in [0.3, 0.4) is 0 Å². The second-order valence-corrected chi connectivity index (χ2v) is 7.98. The van der Waals surface area contributed by atoms with Gasteiger partial charge >= 0.3 is 0 Å². The number of benzene rings is 1. The van der Waals surface area contributed by atoms with Gasteiger partial charge in [0.2, 0.25) is 10.0 Å². The normalized spacial score (nSPS) is 11.5. The molecule has 24 heavy (non-hydrogen) atoms. The third kappa shape index (κ3) is 6.88. The molecule has 6 nitrogen and oxygen atoms in total. The standard InChI is InChI=1S/C17H28N2O4S/c1-5-11-24(21,22)18-16-8-6-7-15(12-16)17(20)19(9-10-23-4)13-14(2)3/h6-8,12,14,18H,5,9-11,13H2,1-4H3. The molecule has 1 aromatic carbocycles. The van der Waals surface area contributed by atoms with Crippen LogP contribution in [-0.4, -0.2) is 51.8 Å². The lowest BCUT2D eigenvalue weighted by atomic mass is 10.1. The van der Waals surface area contributed by atoms with Crippen molar-refractivity contribution >= 4 is 21.6 Å². The Kier molecular flexibility index (Phi) is 8.21. The van der Waals surface area contributed by atoms with Gasteiger partial charge in [-0.1, -0.05) is 26.8 Å². The van der Waals surface area contributed by atoms with E-state index >= 15 is 0 Å². The fraction of sp³-hybridized carbons (Fsp3) is 0.588. The van der Waals surface area contributed by atoms with Crippen molar-refractivity contribution in [3.8, 4) is 0 Å². The number of hydrogen-bond acceptors (Lipinski definition) is 4. The fourth-order valence-corrected chi connectivity index (χ4v) is 3.44. The van der Waals surface area contributed by atoms with E-state index in [-0.39, 0.29) is 11.7 Å². The number of ether oxygens (including phenoxy) is 1. The highest BCUT2D eigenvalue weighted by molar-refractivity contribution is 7.92. The molecule has 0 aliphatic rings. The summed E-state index contributed by atoms with van der Waals surface area (Å²) in [6, 6.07) is 6.60. The van der Waals surface area contributed by atoms with Crippen molar-refractivity contribution in [3.63, 3.8) is 0 Å². The van der Waals surface area contributed by atoms with Crippen LogP contribution in [0.15, 0.2) is 24.3 Å². The van der Waals surface area contributed by atoms with Crippen molar-refractivity contribution in [1.29, 1.82) is 0 Å². The summed E-state index contributed by atoms with van der Waals surface area (Å²) in [6.45, 7) is 7.47. The van der Waals surface area contributed by atoms with E-state index in [4.69, 9.17) is 4.74 Å². The molecule has 1 aromatic rings. The van der Waals surface area contributed by atoms with Gasteiger partial charge in [0.25, 0.3) is 5.91 Å². The first kappa shape index (κ1) is 20.4. The van der Waals surface area contributed by atoms with Crippen molar-refractivity contribution in [3.05, 3.63) is 29.8 Å². The lowest BCUT2D eigenvalue weighted by Crippen LogP contribution is -2.36. The molecule has 0 saturated carbocycles.